The highest BCUT2D eigenvalue weighted by atomic mass is 35.5. The second kappa shape index (κ2) is 11.8. The minimum Gasteiger partial charge on any atom is -0.382 e. The van der Waals surface area contributed by atoms with E-state index < -0.39 is 5.91 Å². The maximum atomic E-state index is 13.2. The number of benzene rings is 2. The molecule has 40 heavy (non-hydrogen) atoms. The number of nitrogens with one attached hydrogen (secondary N) is 1. The molecule has 4 aromatic rings. The van der Waals surface area contributed by atoms with E-state index in [-0.39, 0.29) is 27.9 Å². The molecule has 9 nitrogen and oxygen atoms in total. The Morgan fingerprint density at radius 2 is 1.75 bits per heavy atom. The largest absolute Gasteiger partial charge is 0.382 e. The van der Waals surface area contributed by atoms with Crippen LogP contribution in [0, 0.1) is 5.41 Å². The molecular weight excluding hydrogens is 524 g/mol. The van der Waals surface area contributed by atoms with E-state index in [0.717, 1.165) is 63.2 Å². The average Bonchev–Trinajstić information content (AvgIpc) is 3.26. The molecule has 1 aliphatic rings. The fourth-order valence-corrected chi connectivity index (χ4v) is 6.01. The van der Waals surface area contributed by atoms with Crippen LogP contribution >= 0.6 is 11.6 Å². The van der Waals surface area contributed by atoms with E-state index in [1.165, 1.54) is 11.1 Å². The third-order valence-electron chi connectivity index (χ3n) is 8.26. The third kappa shape index (κ3) is 5.76. The second-order valence-electron chi connectivity index (χ2n) is 10.8. The summed E-state index contributed by atoms with van der Waals surface area (Å²) in [6, 6.07) is 19.2. The van der Waals surface area contributed by atoms with E-state index >= 15 is 0 Å². The van der Waals surface area contributed by atoms with E-state index in [1.54, 1.807) is 0 Å². The van der Waals surface area contributed by atoms with Crippen molar-refractivity contribution in [1.82, 2.24) is 24.8 Å². The number of aromatic nitrogens is 4. The number of imidazole rings is 1. The number of likely N-dealkylation sites (tertiary alicyclic amines) is 1. The zero-order chi connectivity index (χ0) is 28.3. The number of rotatable bonds is 9. The Hall–Kier alpha value is -3.69. The van der Waals surface area contributed by atoms with E-state index in [0.29, 0.717) is 6.54 Å². The number of piperidine rings is 1. The zero-order valence-corrected chi connectivity index (χ0v) is 24.0. The lowest BCUT2D eigenvalue weighted by Crippen LogP contribution is -2.51. The number of carbonyl (C=O) groups is 1. The van der Waals surface area contributed by atoms with Crippen molar-refractivity contribution in [3.8, 4) is 0 Å². The molecule has 0 unspecified atom stereocenters. The van der Waals surface area contributed by atoms with Crippen molar-refractivity contribution >= 4 is 40.2 Å². The second-order valence-corrected chi connectivity index (χ2v) is 11.2. The van der Waals surface area contributed by atoms with Gasteiger partial charge in [0.25, 0.3) is 11.7 Å². The Balaban J connectivity index is 1.48. The monoisotopic (exact) mass is 561 g/mol. The van der Waals surface area contributed by atoms with Crippen molar-refractivity contribution < 1.29 is 9.36 Å². The summed E-state index contributed by atoms with van der Waals surface area (Å²) in [5, 5.41) is 2.98. The van der Waals surface area contributed by atoms with Gasteiger partial charge in [0.05, 0.1) is 13.1 Å². The van der Waals surface area contributed by atoms with Gasteiger partial charge in [-0.3, -0.25) is 4.79 Å². The van der Waals surface area contributed by atoms with Crippen LogP contribution in [-0.2, 0) is 26.1 Å². The van der Waals surface area contributed by atoms with Gasteiger partial charge in [0, 0.05) is 5.41 Å². The minimum absolute atomic E-state index is 0.00130. The van der Waals surface area contributed by atoms with E-state index in [9.17, 15) is 4.79 Å². The molecule has 5 rings (SSSR count). The Morgan fingerprint density at radius 3 is 2.48 bits per heavy atom. The summed E-state index contributed by atoms with van der Waals surface area (Å²) in [6.07, 6.45) is 4.39. The van der Waals surface area contributed by atoms with E-state index in [2.05, 4.69) is 97.9 Å². The van der Waals surface area contributed by atoms with Crippen molar-refractivity contribution in [2.75, 3.05) is 31.6 Å². The highest BCUT2D eigenvalue weighted by molar-refractivity contribution is 6.31. The number of nitrogens with two attached hydrogens (primary N) is 2. The van der Waals surface area contributed by atoms with Crippen molar-refractivity contribution in [1.29, 1.82) is 0 Å². The quantitative estimate of drug-likeness (QED) is 0.267. The van der Waals surface area contributed by atoms with Crippen LogP contribution in [0.4, 0.5) is 11.6 Å². The highest BCUT2D eigenvalue weighted by Gasteiger charge is 2.38. The predicted octanol–water partition coefficient (Wildman–Crippen LogP) is 3.83. The van der Waals surface area contributed by atoms with Crippen LogP contribution in [-0.4, -0.2) is 45.5 Å². The van der Waals surface area contributed by atoms with Gasteiger partial charge in [-0.05, 0) is 70.4 Å². The summed E-state index contributed by atoms with van der Waals surface area (Å²) in [5.74, 6) is 0.542. The molecule has 1 amide bonds. The number of amides is 1. The SMILES string of the molecule is CCn1c(CNC(=O)c2nc(Cl)c(N)nc2N)[n+](CC2(CCc3ccccc3)CCN(C)CC2)c2ccccc21. The summed E-state index contributed by atoms with van der Waals surface area (Å²) in [4.78, 5) is 23.6. The summed E-state index contributed by atoms with van der Waals surface area (Å²) in [5.41, 5.74) is 15.4. The van der Waals surface area contributed by atoms with Crippen LogP contribution in [0.1, 0.15) is 48.1 Å². The molecule has 1 fully saturated rings. The average molecular weight is 562 g/mol. The van der Waals surface area contributed by atoms with E-state index in [1.807, 2.05) is 0 Å². The molecule has 0 saturated carbocycles. The Bertz CT molecular complexity index is 1490. The first-order valence-corrected chi connectivity index (χ1v) is 14.3. The van der Waals surface area contributed by atoms with Crippen molar-refractivity contribution in [3.63, 3.8) is 0 Å². The van der Waals surface area contributed by atoms with Gasteiger partial charge < -0.3 is 21.7 Å². The topological polar surface area (TPSA) is 119 Å². The zero-order valence-electron chi connectivity index (χ0n) is 23.2. The van der Waals surface area contributed by atoms with Crippen LogP contribution in [0.3, 0.4) is 0 Å². The first-order valence-electron chi connectivity index (χ1n) is 13.9. The number of aryl methyl sites for hydroxylation is 2. The van der Waals surface area contributed by atoms with Crippen molar-refractivity contribution in [2.45, 2.75) is 52.2 Å². The fourth-order valence-electron chi connectivity index (χ4n) is 5.89. The smallest absolute Gasteiger partial charge is 0.277 e. The number of hydrogen-bond acceptors (Lipinski definition) is 6. The maximum Gasteiger partial charge on any atom is 0.277 e. The molecule has 210 valence electrons. The van der Waals surface area contributed by atoms with Crippen molar-refractivity contribution in [2.24, 2.45) is 5.41 Å². The maximum absolute atomic E-state index is 13.2. The van der Waals surface area contributed by atoms with Crippen LogP contribution in [0.25, 0.3) is 11.0 Å². The Morgan fingerprint density at radius 1 is 1.05 bits per heavy atom. The number of carbonyl (C=O) groups excluding carboxylic acids is 1. The van der Waals surface area contributed by atoms with Gasteiger partial charge in [-0.25, -0.2) is 19.1 Å². The van der Waals surface area contributed by atoms with Gasteiger partial charge in [-0.2, -0.15) is 0 Å². The third-order valence-corrected chi connectivity index (χ3v) is 8.54. The van der Waals surface area contributed by atoms with Crippen LogP contribution < -0.4 is 21.4 Å². The molecule has 0 bridgehead atoms. The number of halogens is 1. The first kappa shape index (κ1) is 27.9. The lowest BCUT2D eigenvalue weighted by Gasteiger charge is -2.40. The van der Waals surface area contributed by atoms with Crippen LogP contribution in [0.5, 0.6) is 0 Å². The van der Waals surface area contributed by atoms with Crippen LogP contribution in [0.2, 0.25) is 5.15 Å². The summed E-state index contributed by atoms with van der Waals surface area (Å²) in [7, 11) is 2.20. The number of nitrogen functional groups attached to an aromatic ring is 2. The molecule has 0 atom stereocenters. The molecule has 0 spiro atoms. The number of fused-ring (bicyclic) bond motifs is 1. The van der Waals surface area contributed by atoms with Gasteiger partial charge in [-0.1, -0.05) is 54.1 Å². The van der Waals surface area contributed by atoms with Gasteiger partial charge in [0.15, 0.2) is 33.5 Å². The lowest BCUT2D eigenvalue weighted by molar-refractivity contribution is -0.694. The molecule has 1 aliphatic heterocycles. The molecule has 0 aliphatic carbocycles. The van der Waals surface area contributed by atoms with E-state index in [4.69, 9.17) is 23.1 Å². The Labute approximate surface area is 240 Å². The standard InChI is InChI=1S/C30H37ClN8O/c1-3-38-22-11-7-8-12-23(22)39(24(38)19-34-29(40)25-27(32)36-28(33)26(31)35-25)20-30(15-17-37(2)18-16-30)14-13-21-9-5-4-6-10-21/h4-12H,3,13-20H2,1-2H3,(H4-,32,33,34,36,40)/p+1. The number of hydrogen-bond donors (Lipinski definition) is 3. The molecule has 2 aromatic carbocycles. The van der Waals surface area contributed by atoms with Gasteiger partial charge in [-0.15, -0.1) is 0 Å². The summed E-state index contributed by atoms with van der Waals surface area (Å²) in [6.45, 7) is 6.23. The molecule has 2 aromatic heterocycles. The van der Waals surface area contributed by atoms with Crippen LogP contribution in [0.15, 0.2) is 54.6 Å². The molecule has 10 heteroatoms. The molecule has 5 N–H and O–H groups in total. The van der Waals surface area contributed by atoms with Gasteiger partial charge in [0.2, 0.25) is 0 Å². The molecule has 1 saturated heterocycles. The molecule has 3 heterocycles. The summed E-state index contributed by atoms with van der Waals surface area (Å²) < 4.78 is 4.70. The lowest BCUT2D eigenvalue weighted by atomic mass is 9.74. The fraction of sp³-hybridized carbons (Fsp3) is 0.400. The first-order chi connectivity index (χ1) is 19.3. The van der Waals surface area contributed by atoms with Crippen molar-refractivity contribution in [3.05, 3.63) is 76.8 Å². The predicted molar refractivity (Wildman–Crippen MR) is 159 cm³/mol. The summed E-state index contributed by atoms with van der Waals surface area (Å²) >= 11 is 6.04. The van der Waals surface area contributed by atoms with Gasteiger partial charge in [0.1, 0.15) is 6.54 Å². The highest BCUT2D eigenvalue weighted by Crippen LogP contribution is 2.37. The van der Waals surface area contributed by atoms with Gasteiger partial charge >= 0.3 is 0 Å². The molecular formula is C30H38ClN8O+. The number of anilines is 2. The number of para-hydroxylation sites is 2. The Kier molecular flexibility index (Phi) is 8.23. The minimum atomic E-state index is -0.440. The normalized spacial score (nSPS) is 15.4. The number of nitrogens with zero attached hydrogens (tertiary/aromatic N) is 5. The molecule has 0 radical (unpaired) electrons.